The number of piperidine rings is 1. The molecule has 1 fully saturated rings. The molecule has 2 N–H and O–H groups in total. The van der Waals surface area contributed by atoms with Crippen LogP contribution in [0.4, 0.5) is 0 Å². The Morgan fingerprint density at radius 3 is 2.16 bits per heavy atom. The van der Waals surface area contributed by atoms with Crippen molar-refractivity contribution in [3.05, 3.63) is 0 Å². The highest BCUT2D eigenvalue weighted by Crippen LogP contribution is 2.37. The number of carboxylic acids is 1. The second kappa shape index (κ2) is 6.89. The molecule has 110 valence electrons. The summed E-state index contributed by atoms with van der Waals surface area (Å²) >= 11 is 0. The van der Waals surface area contributed by atoms with E-state index in [2.05, 4.69) is 24.1 Å². The third-order valence-electron chi connectivity index (χ3n) is 4.53. The average molecular weight is 270 g/mol. The highest BCUT2D eigenvalue weighted by Gasteiger charge is 2.32. The van der Waals surface area contributed by atoms with Gasteiger partial charge in [0.15, 0.2) is 0 Å². The van der Waals surface area contributed by atoms with Gasteiger partial charge in [-0.2, -0.15) is 0 Å². The molecule has 0 spiro atoms. The highest BCUT2D eigenvalue weighted by atomic mass is 16.4. The van der Waals surface area contributed by atoms with Gasteiger partial charge in [-0.15, -0.1) is 0 Å². The van der Waals surface area contributed by atoms with Gasteiger partial charge in [0.25, 0.3) is 0 Å². The summed E-state index contributed by atoms with van der Waals surface area (Å²) in [6.45, 7) is 8.06. The molecule has 1 unspecified atom stereocenters. The lowest BCUT2D eigenvalue weighted by molar-refractivity contribution is -0.142. The van der Waals surface area contributed by atoms with Crippen molar-refractivity contribution in [1.82, 2.24) is 10.2 Å². The van der Waals surface area contributed by atoms with Crippen molar-refractivity contribution in [1.29, 1.82) is 0 Å². The van der Waals surface area contributed by atoms with Crippen molar-refractivity contribution in [2.75, 3.05) is 19.6 Å². The first-order chi connectivity index (χ1) is 8.92. The van der Waals surface area contributed by atoms with Crippen LogP contribution >= 0.6 is 0 Å². The standard InChI is InChI=1S/C14H26N2O3/c1-4-14(5-2)6-8-16(9-7-14)10-12(13(18)19)15-11(3)17/h12H,4-10H2,1-3H3,(H,15,17)(H,18,19). The summed E-state index contributed by atoms with van der Waals surface area (Å²) in [6, 6.07) is -0.798. The van der Waals surface area contributed by atoms with Crippen LogP contribution in [0.3, 0.4) is 0 Å². The molecule has 1 aliphatic rings. The first-order valence-corrected chi connectivity index (χ1v) is 7.14. The minimum absolute atomic E-state index is 0.291. The molecule has 1 amide bonds. The SMILES string of the molecule is CCC1(CC)CCN(CC(NC(C)=O)C(=O)O)CC1. The van der Waals surface area contributed by atoms with Crippen LogP contribution in [0, 0.1) is 5.41 Å². The number of amides is 1. The minimum Gasteiger partial charge on any atom is -0.480 e. The van der Waals surface area contributed by atoms with Crippen LogP contribution in [0.15, 0.2) is 0 Å². The Kier molecular flexibility index (Phi) is 5.79. The Labute approximate surface area is 115 Å². The molecule has 19 heavy (non-hydrogen) atoms. The summed E-state index contributed by atoms with van der Waals surface area (Å²) in [6.07, 6.45) is 4.61. The predicted octanol–water partition coefficient (Wildman–Crippen LogP) is 1.48. The van der Waals surface area contributed by atoms with E-state index in [1.54, 1.807) is 0 Å². The fourth-order valence-corrected chi connectivity index (χ4v) is 2.86. The summed E-state index contributed by atoms with van der Waals surface area (Å²) in [5.41, 5.74) is 0.434. The number of nitrogens with one attached hydrogen (secondary N) is 1. The second-order valence-corrected chi connectivity index (χ2v) is 5.60. The maximum absolute atomic E-state index is 11.1. The van der Waals surface area contributed by atoms with E-state index in [-0.39, 0.29) is 5.91 Å². The van der Waals surface area contributed by atoms with Crippen LogP contribution in [0.25, 0.3) is 0 Å². The molecule has 5 heteroatoms. The summed E-state index contributed by atoms with van der Waals surface area (Å²) in [5, 5.41) is 11.6. The smallest absolute Gasteiger partial charge is 0.327 e. The molecule has 0 radical (unpaired) electrons. The normalized spacial score (nSPS) is 20.8. The first kappa shape index (κ1) is 16.0. The monoisotopic (exact) mass is 270 g/mol. The number of carbonyl (C=O) groups is 2. The molecule has 1 rings (SSSR count). The molecular weight excluding hydrogens is 244 g/mol. The van der Waals surface area contributed by atoms with Crippen LogP contribution in [0.2, 0.25) is 0 Å². The van der Waals surface area contributed by atoms with Gasteiger partial charge >= 0.3 is 5.97 Å². The fraction of sp³-hybridized carbons (Fsp3) is 0.857. The Hall–Kier alpha value is -1.10. The number of hydrogen-bond donors (Lipinski definition) is 2. The van der Waals surface area contributed by atoms with Crippen LogP contribution < -0.4 is 5.32 Å². The molecule has 0 bridgehead atoms. The topological polar surface area (TPSA) is 69.6 Å². The van der Waals surface area contributed by atoms with Gasteiger partial charge < -0.3 is 15.3 Å². The second-order valence-electron chi connectivity index (χ2n) is 5.60. The van der Waals surface area contributed by atoms with Gasteiger partial charge in [-0.3, -0.25) is 4.79 Å². The van der Waals surface area contributed by atoms with Crippen LogP contribution in [0.5, 0.6) is 0 Å². The quantitative estimate of drug-likeness (QED) is 0.767. The predicted molar refractivity (Wildman–Crippen MR) is 73.9 cm³/mol. The van der Waals surface area contributed by atoms with Crippen molar-refractivity contribution < 1.29 is 14.7 Å². The first-order valence-electron chi connectivity index (χ1n) is 7.14. The summed E-state index contributed by atoms with van der Waals surface area (Å²) in [4.78, 5) is 24.3. The van der Waals surface area contributed by atoms with Crippen molar-refractivity contribution in [2.24, 2.45) is 5.41 Å². The maximum atomic E-state index is 11.1. The molecule has 1 heterocycles. The molecule has 5 nitrogen and oxygen atoms in total. The van der Waals surface area contributed by atoms with E-state index in [1.165, 1.54) is 19.8 Å². The molecule has 1 aliphatic heterocycles. The summed E-state index contributed by atoms with van der Waals surface area (Å²) in [7, 11) is 0. The van der Waals surface area contributed by atoms with E-state index >= 15 is 0 Å². The third-order valence-corrected chi connectivity index (χ3v) is 4.53. The van der Waals surface area contributed by atoms with Crippen LogP contribution in [0.1, 0.15) is 46.5 Å². The fourth-order valence-electron chi connectivity index (χ4n) is 2.86. The number of carbonyl (C=O) groups excluding carboxylic acids is 1. The lowest BCUT2D eigenvalue weighted by Crippen LogP contribution is -2.50. The zero-order chi connectivity index (χ0) is 14.5. The molecule has 0 saturated carbocycles. The molecule has 0 aromatic rings. The van der Waals surface area contributed by atoms with E-state index in [9.17, 15) is 9.59 Å². The Bertz CT molecular complexity index is 317. The molecule has 0 aromatic carbocycles. The van der Waals surface area contributed by atoms with Crippen molar-refractivity contribution >= 4 is 11.9 Å². The van der Waals surface area contributed by atoms with Gasteiger partial charge in [0.1, 0.15) is 6.04 Å². The number of rotatable bonds is 6. The lowest BCUT2D eigenvalue weighted by atomic mass is 9.74. The number of likely N-dealkylation sites (tertiary alicyclic amines) is 1. The largest absolute Gasteiger partial charge is 0.480 e. The van der Waals surface area contributed by atoms with E-state index in [0.717, 1.165) is 25.9 Å². The number of nitrogens with zero attached hydrogens (tertiary/aromatic N) is 1. The lowest BCUT2D eigenvalue weighted by Gasteiger charge is -2.41. The number of carboxylic acid groups (broad SMARTS) is 1. The average Bonchev–Trinajstić information content (AvgIpc) is 2.38. The van der Waals surface area contributed by atoms with Gasteiger partial charge in [0, 0.05) is 13.5 Å². The highest BCUT2D eigenvalue weighted by molar-refractivity contribution is 5.82. The van der Waals surface area contributed by atoms with Crippen LogP contribution in [-0.4, -0.2) is 47.6 Å². The zero-order valence-electron chi connectivity index (χ0n) is 12.2. The van der Waals surface area contributed by atoms with E-state index < -0.39 is 12.0 Å². The zero-order valence-corrected chi connectivity index (χ0v) is 12.2. The molecule has 0 aliphatic carbocycles. The van der Waals surface area contributed by atoms with Crippen molar-refractivity contribution in [3.8, 4) is 0 Å². The van der Waals surface area contributed by atoms with E-state index in [1.807, 2.05) is 0 Å². The van der Waals surface area contributed by atoms with Gasteiger partial charge in [-0.25, -0.2) is 4.79 Å². The van der Waals surface area contributed by atoms with Gasteiger partial charge in [-0.1, -0.05) is 26.7 Å². The van der Waals surface area contributed by atoms with E-state index in [0.29, 0.717) is 12.0 Å². The van der Waals surface area contributed by atoms with Crippen LogP contribution in [-0.2, 0) is 9.59 Å². The van der Waals surface area contributed by atoms with Crippen molar-refractivity contribution in [3.63, 3.8) is 0 Å². The summed E-state index contributed by atoms with van der Waals surface area (Å²) in [5.74, 6) is -1.25. The maximum Gasteiger partial charge on any atom is 0.327 e. The van der Waals surface area contributed by atoms with Gasteiger partial charge in [0.05, 0.1) is 0 Å². The van der Waals surface area contributed by atoms with Gasteiger partial charge in [-0.05, 0) is 31.3 Å². The number of hydrogen-bond acceptors (Lipinski definition) is 3. The third kappa shape index (κ3) is 4.49. The van der Waals surface area contributed by atoms with Gasteiger partial charge in [0.2, 0.25) is 5.91 Å². The summed E-state index contributed by atoms with van der Waals surface area (Å²) < 4.78 is 0. The van der Waals surface area contributed by atoms with Crippen molar-refractivity contribution in [2.45, 2.75) is 52.5 Å². The Morgan fingerprint density at radius 2 is 1.79 bits per heavy atom. The molecular formula is C14H26N2O3. The minimum atomic E-state index is -0.960. The van der Waals surface area contributed by atoms with E-state index in [4.69, 9.17) is 5.11 Å². The Morgan fingerprint density at radius 1 is 1.26 bits per heavy atom. The molecule has 0 aromatic heterocycles. The Balaban J connectivity index is 2.50. The molecule has 1 saturated heterocycles. The number of aliphatic carboxylic acids is 1. The molecule has 1 atom stereocenters.